The van der Waals surface area contributed by atoms with Crippen molar-refractivity contribution in [3.63, 3.8) is 0 Å². The van der Waals surface area contributed by atoms with Gasteiger partial charge in [0.25, 0.3) is 0 Å². The molecule has 0 saturated carbocycles. The van der Waals surface area contributed by atoms with Gasteiger partial charge in [0.1, 0.15) is 17.3 Å². The van der Waals surface area contributed by atoms with Crippen LogP contribution >= 0.6 is 0 Å². The van der Waals surface area contributed by atoms with Crippen LogP contribution in [0.5, 0.6) is 11.5 Å². The standard InChI is InChI=1S/C17H18FNO2/c1-11-3-4-12(9-15(11)18)19-16-7-8-21-17-6-5-13(20-2)10-14(16)17/h3-6,9-10,16,19H,7-8H2,1-2H3. The summed E-state index contributed by atoms with van der Waals surface area (Å²) in [6.07, 6.45) is 0.829. The van der Waals surface area contributed by atoms with Crippen molar-refractivity contribution in [2.75, 3.05) is 19.0 Å². The van der Waals surface area contributed by atoms with Crippen LogP contribution in [0.2, 0.25) is 0 Å². The van der Waals surface area contributed by atoms with E-state index in [0.29, 0.717) is 12.2 Å². The molecule has 3 nitrogen and oxygen atoms in total. The van der Waals surface area contributed by atoms with Crippen LogP contribution in [0.15, 0.2) is 36.4 Å². The summed E-state index contributed by atoms with van der Waals surface area (Å²) in [7, 11) is 1.64. The van der Waals surface area contributed by atoms with Crippen LogP contribution < -0.4 is 14.8 Å². The van der Waals surface area contributed by atoms with Crippen molar-refractivity contribution in [3.05, 3.63) is 53.3 Å². The predicted octanol–water partition coefficient (Wildman–Crippen LogP) is 4.08. The van der Waals surface area contributed by atoms with Crippen molar-refractivity contribution < 1.29 is 13.9 Å². The van der Waals surface area contributed by atoms with E-state index in [9.17, 15) is 4.39 Å². The molecule has 1 aliphatic heterocycles. The van der Waals surface area contributed by atoms with Gasteiger partial charge in [0.15, 0.2) is 0 Å². The number of rotatable bonds is 3. The van der Waals surface area contributed by atoms with Crippen molar-refractivity contribution in [1.29, 1.82) is 0 Å². The van der Waals surface area contributed by atoms with E-state index in [4.69, 9.17) is 9.47 Å². The molecule has 1 aliphatic rings. The molecule has 21 heavy (non-hydrogen) atoms. The molecule has 1 unspecified atom stereocenters. The van der Waals surface area contributed by atoms with Crippen LogP contribution in [-0.4, -0.2) is 13.7 Å². The minimum absolute atomic E-state index is 0.0888. The average molecular weight is 287 g/mol. The van der Waals surface area contributed by atoms with E-state index in [-0.39, 0.29) is 11.9 Å². The molecule has 0 aromatic heterocycles. The average Bonchev–Trinajstić information content (AvgIpc) is 2.51. The fourth-order valence-electron chi connectivity index (χ4n) is 2.53. The van der Waals surface area contributed by atoms with Gasteiger partial charge in [0.2, 0.25) is 0 Å². The van der Waals surface area contributed by atoms with Gasteiger partial charge in [-0.2, -0.15) is 0 Å². The topological polar surface area (TPSA) is 30.5 Å². The Morgan fingerprint density at radius 2 is 2.10 bits per heavy atom. The number of benzene rings is 2. The molecule has 0 radical (unpaired) electrons. The first kappa shape index (κ1) is 13.7. The lowest BCUT2D eigenvalue weighted by molar-refractivity contribution is 0.273. The van der Waals surface area contributed by atoms with Crippen molar-refractivity contribution >= 4 is 5.69 Å². The lowest BCUT2D eigenvalue weighted by Crippen LogP contribution is -2.20. The first-order valence-corrected chi connectivity index (χ1v) is 7.01. The molecule has 0 bridgehead atoms. The van der Waals surface area contributed by atoms with Gasteiger partial charge in [0.05, 0.1) is 19.8 Å². The van der Waals surface area contributed by atoms with Gasteiger partial charge in [0, 0.05) is 17.7 Å². The highest BCUT2D eigenvalue weighted by Crippen LogP contribution is 2.36. The Morgan fingerprint density at radius 3 is 2.86 bits per heavy atom. The third kappa shape index (κ3) is 2.79. The molecule has 0 saturated heterocycles. The van der Waals surface area contributed by atoms with Crippen LogP contribution in [0.1, 0.15) is 23.6 Å². The Bertz CT molecular complexity index is 657. The van der Waals surface area contributed by atoms with Crippen molar-refractivity contribution in [3.8, 4) is 11.5 Å². The third-order valence-electron chi connectivity index (χ3n) is 3.77. The van der Waals surface area contributed by atoms with Crippen LogP contribution in [0.3, 0.4) is 0 Å². The number of anilines is 1. The Balaban J connectivity index is 1.88. The van der Waals surface area contributed by atoms with Crippen molar-refractivity contribution in [2.45, 2.75) is 19.4 Å². The van der Waals surface area contributed by atoms with E-state index in [1.807, 2.05) is 24.3 Å². The Morgan fingerprint density at radius 1 is 1.24 bits per heavy atom. The molecule has 0 amide bonds. The molecule has 2 aromatic rings. The quantitative estimate of drug-likeness (QED) is 0.922. The molecule has 0 fully saturated rings. The zero-order valence-corrected chi connectivity index (χ0v) is 12.2. The van der Waals surface area contributed by atoms with Gasteiger partial charge in [-0.3, -0.25) is 0 Å². The molecular weight excluding hydrogens is 269 g/mol. The summed E-state index contributed by atoms with van der Waals surface area (Å²) in [5, 5.41) is 3.38. The second-order valence-electron chi connectivity index (χ2n) is 5.20. The highest BCUT2D eigenvalue weighted by Gasteiger charge is 2.22. The molecule has 1 atom stereocenters. The number of halogens is 1. The molecule has 3 rings (SSSR count). The Kier molecular flexibility index (Phi) is 3.69. The lowest BCUT2D eigenvalue weighted by atomic mass is 9.99. The zero-order chi connectivity index (χ0) is 14.8. The summed E-state index contributed by atoms with van der Waals surface area (Å²) in [6, 6.07) is 11.1. The highest BCUT2D eigenvalue weighted by molar-refractivity contribution is 5.51. The fourth-order valence-corrected chi connectivity index (χ4v) is 2.53. The normalized spacial score (nSPS) is 16.8. The first-order chi connectivity index (χ1) is 10.2. The molecule has 0 spiro atoms. The van der Waals surface area contributed by atoms with Crippen molar-refractivity contribution in [2.24, 2.45) is 0 Å². The summed E-state index contributed by atoms with van der Waals surface area (Å²) in [6.45, 7) is 2.40. The van der Waals surface area contributed by atoms with Gasteiger partial charge in [-0.1, -0.05) is 6.07 Å². The van der Waals surface area contributed by atoms with E-state index in [2.05, 4.69) is 5.32 Å². The highest BCUT2D eigenvalue weighted by atomic mass is 19.1. The number of nitrogens with one attached hydrogen (secondary N) is 1. The number of ether oxygens (including phenoxy) is 2. The summed E-state index contributed by atoms with van der Waals surface area (Å²) in [4.78, 5) is 0. The number of fused-ring (bicyclic) bond motifs is 1. The minimum atomic E-state index is -0.196. The minimum Gasteiger partial charge on any atom is -0.497 e. The van der Waals surface area contributed by atoms with Crippen LogP contribution in [0, 0.1) is 12.7 Å². The van der Waals surface area contributed by atoms with Crippen molar-refractivity contribution in [1.82, 2.24) is 0 Å². The molecule has 110 valence electrons. The smallest absolute Gasteiger partial charge is 0.128 e. The van der Waals surface area contributed by atoms with Gasteiger partial charge in [-0.05, 0) is 42.8 Å². The maximum absolute atomic E-state index is 13.7. The Labute approximate surface area is 123 Å². The number of aryl methyl sites for hydroxylation is 1. The second-order valence-corrected chi connectivity index (χ2v) is 5.20. The SMILES string of the molecule is COc1ccc2c(c1)C(Nc1ccc(C)c(F)c1)CCO2. The van der Waals surface area contributed by atoms with E-state index >= 15 is 0 Å². The van der Waals surface area contributed by atoms with E-state index in [1.165, 1.54) is 6.07 Å². The molecule has 0 aliphatic carbocycles. The molecule has 4 heteroatoms. The van der Waals surface area contributed by atoms with E-state index in [0.717, 1.165) is 29.2 Å². The maximum atomic E-state index is 13.7. The van der Waals surface area contributed by atoms with Gasteiger partial charge >= 0.3 is 0 Å². The second kappa shape index (κ2) is 5.64. The van der Waals surface area contributed by atoms with Gasteiger partial charge in [-0.25, -0.2) is 4.39 Å². The summed E-state index contributed by atoms with van der Waals surface area (Å²) in [5.41, 5.74) is 2.47. The summed E-state index contributed by atoms with van der Waals surface area (Å²) < 4.78 is 24.6. The van der Waals surface area contributed by atoms with Gasteiger partial charge < -0.3 is 14.8 Å². The van der Waals surface area contributed by atoms with Crippen LogP contribution in [-0.2, 0) is 0 Å². The van der Waals surface area contributed by atoms with Crippen LogP contribution in [0.4, 0.5) is 10.1 Å². The molecule has 1 N–H and O–H groups in total. The predicted molar refractivity (Wildman–Crippen MR) is 80.6 cm³/mol. The summed E-state index contributed by atoms with van der Waals surface area (Å²) in [5.74, 6) is 1.45. The number of methoxy groups -OCH3 is 1. The van der Waals surface area contributed by atoms with Gasteiger partial charge in [-0.15, -0.1) is 0 Å². The first-order valence-electron chi connectivity index (χ1n) is 7.01. The molecule has 1 heterocycles. The molecule has 2 aromatic carbocycles. The van der Waals surface area contributed by atoms with Crippen LogP contribution in [0.25, 0.3) is 0 Å². The largest absolute Gasteiger partial charge is 0.497 e. The zero-order valence-electron chi connectivity index (χ0n) is 12.2. The fraction of sp³-hybridized carbons (Fsp3) is 0.294. The number of hydrogen-bond acceptors (Lipinski definition) is 3. The Hall–Kier alpha value is -2.23. The third-order valence-corrected chi connectivity index (χ3v) is 3.77. The van der Waals surface area contributed by atoms with E-state index in [1.54, 1.807) is 20.1 Å². The lowest BCUT2D eigenvalue weighted by Gasteiger charge is -2.28. The maximum Gasteiger partial charge on any atom is 0.128 e. The molecular formula is C17H18FNO2. The summed E-state index contributed by atoms with van der Waals surface area (Å²) >= 11 is 0. The van der Waals surface area contributed by atoms with E-state index < -0.39 is 0 Å². The number of hydrogen-bond donors (Lipinski definition) is 1. The monoisotopic (exact) mass is 287 g/mol.